The normalized spacial score (nSPS) is 12.5. The molecule has 1 aromatic carbocycles. The van der Waals surface area contributed by atoms with Crippen molar-refractivity contribution in [2.75, 3.05) is 19.8 Å². The number of aliphatic hydroxyl groups excluding tert-OH is 1. The number of fused-ring (bicyclic) bond motifs is 1. The molecule has 0 saturated heterocycles. The van der Waals surface area contributed by atoms with Gasteiger partial charge in [0, 0.05) is 18.5 Å². The molecule has 0 aliphatic rings. The first-order valence-corrected chi connectivity index (χ1v) is 7.79. The number of carbonyl (C=O) groups excluding carboxylic acids is 1. The summed E-state index contributed by atoms with van der Waals surface area (Å²) < 4.78 is 10.9. The van der Waals surface area contributed by atoms with E-state index in [9.17, 15) is 9.90 Å². The molecule has 23 heavy (non-hydrogen) atoms. The second kappa shape index (κ2) is 8.55. The lowest BCUT2D eigenvalue weighted by Gasteiger charge is -2.13. The Morgan fingerprint density at radius 3 is 2.78 bits per heavy atom. The second-order valence-electron chi connectivity index (χ2n) is 5.90. The molecular weight excluding hydrogens is 296 g/mol. The van der Waals surface area contributed by atoms with Crippen LogP contribution in [0.25, 0.3) is 11.0 Å². The van der Waals surface area contributed by atoms with Crippen molar-refractivity contribution >= 4 is 17.0 Å². The maximum absolute atomic E-state index is 11.7. The third-order valence-electron chi connectivity index (χ3n) is 3.16. The van der Waals surface area contributed by atoms with Crippen LogP contribution in [-0.2, 0) is 11.3 Å². The Labute approximate surface area is 135 Å². The minimum Gasteiger partial charge on any atom is -0.459 e. The fourth-order valence-electron chi connectivity index (χ4n) is 2.06. The van der Waals surface area contributed by atoms with Gasteiger partial charge in [0.05, 0.1) is 19.3 Å². The van der Waals surface area contributed by atoms with E-state index in [-0.39, 0.29) is 19.2 Å². The quantitative estimate of drug-likeness (QED) is 0.696. The Morgan fingerprint density at radius 1 is 1.26 bits per heavy atom. The number of amides is 2. The standard InChI is InChI=1S/C17H24N2O4/c1-12(2)10-22-11-14(20)8-18-17(21)19-9-15-7-13-5-3-4-6-16(13)23-15/h3-7,12,14,20H,8-11H2,1-2H3,(H2,18,19,21). The van der Waals surface area contributed by atoms with E-state index in [1.807, 2.05) is 44.2 Å². The van der Waals surface area contributed by atoms with Crippen LogP contribution in [0, 0.1) is 5.92 Å². The van der Waals surface area contributed by atoms with E-state index in [1.165, 1.54) is 0 Å². The predicted molar refractivity (Wildman–Crippen MR) is 88.1 cm³/mol. The molecule has 3 N–H and O–H groups in total. The largest absolute Gasteiger partial charge is 0.459 e. The Kier molecular flexibility index (Phi) is 6.43. The maximum Gasteiger partial charge on any atom is 0.315 e. The average molecular weight is 320 g/mol. The molecule has 126 valence electrons. The summed E-state index contributed by atoms with van der Waals surface area (Å²) in [6.07, 6.45) is -0.717. The first kappa shape index (κ1) is 17.3. The van der Waals surface area contributed by atoms with Crippen molar-refractivity contribution in [1.82, 2.24) is 10.6 Å². The van der Waals surface area contributed by atoms with Crippen molar-refractivity contribution in [2.45, 2.75) is 26.5 Å². The zero-order chi connectivity index (χ0) is 16.7. The minimum atomic E-state index is -0.717. The van der Waals surface area contributed by atoms with Gasteiger partial charge in [-0.3, -0.25) is 0 Å². The van der Waals surface area contributed by atoms with Gasteiger partial charge in [-0.25, -0.2) is 4.79 Å². The Balaban J connectivity index is 1.66. The number of urea groups is 1. The zero-order valence-corrected chi connectivity index (χ0v) is 13.5. The van der Waals surface area contributed by atoms with Gasteiger partial charge in [0.25, 0.3) is 0 Å². The third kappa shape index (κ3) is 5.92. The summed E-state index contributed by atoms with van der Waals surface area (Å²) in [5.74, 6) is 1.10. The van der Waals surface area contributed by atoms with Crippen molar-refractivity contribution in [3.8, 4) is 0 Å². The van der Waals surface area contributed by atoms with Gasteiger partial charge in [0.2, 0.25) is 0 Å². The number of hydrogen-bond acceptors (Lipinski definition) is 4. The number of hydrogen-bond donors (Lipinski definition) is 3. The van der Waals surface area contributed by atoms with E-state index in [0.717, 1.165) is 11.0 Å². The Hall–Kier alpha value is -2.05. The van der Waals surface area contributed by atoms with Crippen LogP contribution < -0.4 is 10.6 Å². The third-order valence-corrected chi connectivity index (χ3v) is 3.16. The molecule has 6 heteroatoms. The lowest BCUT2D eigenvalue weighted by atomic mass is 10.2. The molecule has 0 spiro atoms. The molecule has 6 nitrogen and oxygen atoms in total. The summed E-state index contributed by atoms with van der Waals surface area (Å²) in [7, 11) is 0. The van der Waals surface area contributed by atoms with Crippen LogP contribution in [-0.4, -0.2) is 37.0 Å². The summed E-state index contributed by atoms with van der Waals surface area (Å²) in [6, 6.07) is 9.21. The number of rotatable bonds is 8. The van der Waals surface area contributed by atoms with Gasteiger partial charge in [-0.15, -0.1) is 0 Å². The van der Waals surface area contributed by atoms with Crippen molar-refractivity contribution in [3.05, 3.63) is 36.1 Å². The molecule has 1 heterocycles. The zero-order valence-electron chi connectivity index (χ0n) is 13.5. The van der Waals surface area contributed by atoms with Gasteiger partial charge >= 0.3 is 6.03 Å². The Morgan fingerprint density at radius 2 is 2.04 bits per heavy atom. The molecule has 0 fully saturated rings. The molecule has 2 aromatic rings. The van der Waals surface area contributed by atoms with E-state index >= 15 is 0 Å². The van der Waals surface area contributed by atoms with Gasteiger partial charge in [-0.1, -0.05) is 32.0 Å². The first-order valence-electron chi connectivity index (χ1n) is 7.79. The summed E-state index contributed by atoms with van der Waals surface area (Å²) in [5, 5.41) is 16.0. The molecule has 0 saturated carbocycles. The average Bonchev–Trinajstić information content (AvgIpc) is 2.93. The molecular formula is C17H24N2O4. The van der Waals surface area contributed by atoms with Crippen LogP contribution in [0.3, 0.4) is 0 Å². The summed E-state index contributed by atoms with van der Waals surface area (Å²) in [6.45, 7) is 5.31. The fourth-order valence-corrected chi connectivity index (χ4v) is 2.06. The lowest BCUT2D eigenvalue weighted by Crippen LogP contribution is -2.40. The highest BCUT2D eigenvalue weighted by atomic mass is 16.5. The highest BCUT2D eigenvalue weighted by Gasteiger charge is 2.09. The van der Waals surface area contributed by atoms with Crippen molar-refractivity contribution in [1.29, 1.82) is 0 Å². The predicted octanol–water partition coefficient (Wildman–Crippen LogP) is 2.27. The highest BCUT2D eigenvalue weighted by Crippen LogP contribution is 2.18. The van der Waals surface area contributed by atoms with E-state index in [1.54, 1.807) is 0 Å². The van der Waals surface area contributed by atoms with Gasteiger partial charge in [0.1, 0.15) is 11.3 Å². The summed E-state index contributed by atoms with van der Waals surface area (Å²) in [4.78, 5) is 11.7. The minimum absolute atomic E-state index is 0.143. The molecule has 0 bridgehead atoms. The number of benzene rings is 1. The summed E-state index contributed by atoms with van der Waals surface area (Å²) in [5.41, 5.74) is 0.794. The maximum atomic E-state index is 11.7. The molecule has 1 unspecified atom stereocenters. The number of para-hydroxylation sites is 1. The molecule has 1 atom stereocenters. The van der Waals surface area contributed by atoms with Crippen molar-refractivity contribution in [3.63, 3.8) is 0 Å². The molecule has 1 aromatic heterocycles. The van der Waals surface area contributed by atoms with E-state index in [2.05, 4.69) is 10.6 Å². The van der Waals surface area contributed by atoms with E-state index in [0.29, 0.717) is 24.8 Å². The molecule has 2 amide bonds. The highest BCUT2D eigenvalue weighted by molar-refractivity contribution is 5.78. The Bertz CT molecular complexity index is 591. The van der Waals surface area contributed by atoms with Gasteiger partial charge in [-0.05, 0) is 18.1 Å². The van der Waals surface area contributed by atoms with Crippen LogP contribution >= 0.6 is 0 Å². The number of carbonyl (C=O) groups is 1. The van der Waals surface area contributed by atoms with Crippen molar-refractivity contribution in [2.24, 2.45) is 5.92 Å². The molecule has 0 radical (unpaired) electrons. The van der Waals surface area contributed by atoms with Crippen LogP contribution in [0.4, 0.5) is 4.79 Å². The molecule has 2 rings (SSSR count). The van der Waals surface area contributed by atoms with Gasteiger partial charge < -0.3 is 24.9 Å². The lowest BCUT2D eigenvalue weighted by molar-refractivity contribution is 0.0272. The number of aliphatic hydroxyl groups is 1. The molecule has 0 aliphatic heterocycles. The number of ether oxygens (including phenoxy) is 1. The van der Waals surface area contributed by atoms with Crippen LogP contribution in [0.5, 0.6) is 0 Å². The van der Waals surface area contributed by atoms with Gasteiger partial charge in [-0.2, -0.15) is 0 Å². The van der Waals surface area contributed by atoms with Crippen LogP contribution in [0.1, 0.15) is 19.6 Å². The van der Waals surface area contributed by atoms with Gasteiger partial charge in [0.15, 0.2) is 0 Å². The smallest absolute Gasteiger partial charge is 0.315 e. The first-order chi connectivity index (χ1) is 11.0. The van der Waals surface area contributed by atoms with Crippen molar-refractivity contribution < 1.29 is 19.1 Å². The number of nitrogens with one attached hydrogen (secondary N) is 2. The SMILES string of the molecule is CC(C)COCC(O)CNC(=O)NCc1cc2ccccc2o1. The molecule has 0 aliphatic carbocycles. The van der Waals surface area contributed by atoms with E-state index < -0.39 is 6.10 Å². The summed E-state index contributed by atoms with van der Waals surface area (Å²) >= 11 is 0. The second-order valence-corrected chi connectivity index (χ2v) is 5.90. The fraction of sp³-hybridized carbons (Fsp3) is 0.471. The van der Waals surface area contributed by atoms with E-state index in [4.69, 9.17) is 9.15 Å². The van der Waals surface area contributed by atoms with Crippen LogP contribution in [0.2, 0.25) is 0 Å². The monoisotopic (exact) mass is 320 g/mol. The van der Waals surface area contributed by atoms with Crippen LogP contribution in [0.15, 0.2) is 34.7 Å². The number of furan rings is 1. The topological polar surface area (TPSA) is 83.7 Å².